The van der Waals surface area contributed by atoms with Crippen LogP contribution < -0.4 is 5.48 Å². The lowest BCUT2D eigenvalue weighted by Crippen LogP contribution is -2.41. The van der Waals surface area contributed by atoms with Crippen molar-refractivity contribution in [1.82, 2.24) is 10.4 Å². The van der Waals surface area contributed by atoms with Gasteiger partial charge in [-0.1, -0.05) is 11.6 Å². The van der Waals surface area contributed by atoms with E-state index in [2.05, 4.69) is 0 Å². The average molecular weight is 531 g/mol. The van der Waals surface area contributed by atoms with Crippen LogP contribution in [0.5, 0.6) is 0 Å². The van der Waals surface area contributed by atoms with Crippen LogP contribution in [0.2, 0.25) is 4.34 Å². The Labute approximate surface area is 202 Å². The number of carbonyl (C=O) groups is 2. The molecule has 0 radical (unpaired) electrons. The summed E-state index contributed by atoms with van der Waals surface area (Å²) in [6, 6.07) is 8.86. The molecule has 4 rings (SSSR count). The molecule has 0 aliphatic carbocycles. The Morgan fingerprint density at radius 3 is 2.53 bits per heavy atom. The summed E-state index contributed by atoms with van der Waals surface area (Å²) in [6.07, 6.45) is -0.388. The van der Waals surface area contributed by atoms with E-state index >= 15 is 0 Å². The first kappa shape index (κ1) is 23.4. The summed E-state index contributed by atoms with van der Waals surface area (Å²) < 4.78 is 26.2. The second-order valence-electron chi connectivity index (χ2n) is 7.35. The molecule has 2 amide bonds. The number of nitrogens with zero attached hydrogens (tertiary/aromatic N) is 1. The van der Waals surface area contributed by atoms with E-state index in [0.717, 1.165) is 9.75 Å². The predicted molar refractivity (Wildman–Crippen MR) is 127 cm³/mol. The monoisotopic (exact) mass is 530 g/mol. The van der Waals surface area contributed by atoms with Crippen LogP contribution in [-0.2, 0) is 19.4 Å². The van der Waals surface area contributed by atoms with Gasteiger partial charge in [0.1, 0.15) is 4.75 Å². The van der Waals surface area contributed by atoms with E-state index in [1.165, 1.54) is 38.9 Å². The molecule has 0 spiro atoms. The molecule has 4 heterocycles. The van der Waals surface area contributed by atoms with E-state index in [9.17, 15) is 18.0 Å². The second-order valence-corrected chi connectivity index (χ2v) is 13.3. The molecular weight excluding hydrogens is 512 g/mol. The van der Waals surface area contributed by atoms with Crippen molar-refractivity contribution in [2.45, 2.75) is 17.6 Å². The zero-order valence-electron chi connectivity index (χ0n) is 16.6. The highest BCUT2D eigenvalue weighted by atomic mass is 35.5. The summed E-state index contributed by atoms with van der Waals surface area (Å²) >= 11 is 10.1. The first-order chi connectivity index (χ1) is 15.3. The Morgan fingerprint density at radius 2 is 1.88 bits per heavy atom. The highest BCUT2D eigenvalue weighted by Crippen LogP contribution is 2.46. The maximum Gasteiger partial charge on any atom is 0.254 e. The van der Waals surface area contributed by atoms with Crippen molar-refractivity contribution in [2.75, 3.05) is 18.8 Å². The maximum atomic E-state index is 13.6. The number of halogens is 1. The fourth-order valence-electron chi connectivity index (χ4n) is 3.80. The van der Waals surface area contributed by atoms with Crippen LogP contribution in [0.4, 0.5) is 0 Å². The summed E-state index contributed by atoms with van der Waals surface area (Å²) in [7, 11) is -3.85. The maximum absolute atomic E-state index is 13.6. The molecule has 0 aromatic carbocycles. The molecule has 1 aliphatic rings. The Morgan fingerprint density at radius 1 is 1.12 bits per heavy atom. The number of amides is 2. The lowest BCUT2D eigenvalue weighted by Gasteiger charge is -2.30. The number of hydroxylamine groups is 1. The van der Waals surface area contributed by atoms with Crippen molar-refractivity contribution in [2.24, 2.45) is 0 Å². The molecule has 1 aliphatic heterocycles. The van der Waals surface area contributed by atoms with E-state index in [1.807, 2.05) is 12.1 Å². The lowest BCUT2D eigenvalue weighted by molar-refractivity contribution is -0.129. The Balaban J connectivity index is 1.73. The van der Waals surface area contributed by atoms with Gasteiger partial charge in [-0.25, -0.2) is 13.9 Å². The van der Waals surface area contributed by atoms with Crippen LogP contribution in [0, 0.1) is 0 Å². The third-order valence-electron chi connectivity index (χ3n) is 5.51. The number of carbonyl (C=O) groups excluding carboxylic acids is 2. The Kier molecular flexibility index (Phi) is 6.76. The Hall–Kier alpha value is -1.76. The first-order valence-electron chi connectivity index (χ1n) is 9.58. The number of nitrogens with one attached hydrogen (secondary N) is 1. The van der Waals surface area contributed by atoms with Crippen LogP contribution in [-0.4, -0.2) is 49.2 Å². The van der Waals surface area contributed by atoms with Gasteiger partial charge in [-0.2, -0.15) is 11.3 Å². The molecule has 2 N–H and O–H groups in total. The minimum Gasteiger partial charge on any atom is -0.338 e. The van der Waals surface area contributed by atoms with E-state index in [0.29, 0.717) is 14.8 Å². The summed E-state index contributed by atoms with van der Waals surface area (Å²) in [5.74, 6) is -1.30. The number of hydrogen-bond acceptors (Lipinski definition) is 8. The molecule has 1 saturated heterocycles. The lowest BCUT2D eigenvalue weighted by atomic mass is 9.97. The van der Waals surface area contributed by atoms with Gasteiger partial charge < -0.3 is 4.90 Å². The fourth-order valence-corrected chi connectivity index (χ4v) is 9.17. The van der Waals surface area contributed by atoms with E-state index in [4.69, 9.17) is 16.8 Å². The molecule has 0 bridgehead atoms. The molecular formula is C20H19ClN2O5S4. The van der Waals surface area contributed by atoms with Gasteiger partial charge in [0.05, 0.1) is 22.1 Å². The normalized spacial score (nSPS) is 20.6. The van der Waals surface area contributed by atoms with Crippen molar-refractivity contribution in [3.63, 3.8) is 0 Å². The molecule has 3 aromatic rings. The first-order valence-corrected chi connectivity index (χ1v) is 14.2. The average Bonchev–Trinajstić information content (AvgIpc) is 3.52. The van der Waals surface area contributed by atoms with Crippen molar-refractivity contribution < 1.29 is 23.2 Å². The zero-order chi connectivity index (χ0) is 22.9. The Bertz CT molecular complexity index is 1230. The molecule has 1 unspecified atom stereocenters. The molecule has 0 saturated carbocycles. The summed E-state index contributed by atoms with van der Waals surface area (Å²) in [4.78, 5) is 28.8. The summed E-state index contributed by atoms with van der Waals surface area (Å²) in [6.45, 7) is 0.211. The van der Waals surface area contributed by atoms with E-state index in [1.54, 1.807) is 34.4 Å². The van der Waals surface area contributed by atoms with Gasteiger partial charge >= 0.3 is 0 Å². The van der Waals surface area contributed by atoms with Crippen LogP contribution in [0.25, 0.3) is 9.75 Å². The molecule has 3 aromatic heterocycles. The van der Waals surface area contributed by atoms with Crippen molar-refractivity contribution in [3.8, 4) is 9.75 Å². The quantitative estimate of drug-likeness (QED) is 0.379. The molecule has 7 nitrogen and oxygen atoms in total. The summed E-state index contributed by atoms with van der Waals surface area (Å²) in [5.41, 5.74) is 2.08. The minimum atomic E-state index is -3.85. The fraction of sp³-hybridized carbons (Fsp3) is 0.300. The molecule has 12 heteroatoms. The second kappa shape index (κ2) is 9.24. The number of thiophene rings is 3. The summed E-state index contributed by atoms with van der Waals surface area (Å²) in [5, 5.41) is 12.7. The van der Waals surface area contributed by atoms with Crippen LogP contribution in [0.1, 0.15) is 28.1 Å². The largest absolute Gasteiger partial charge is 0.338 e. The van der Waals surface area contributed by atoms with Crippen LogP contribution in [0.15, 0.2) is 41.1 Å². The van der Waals surface area contributed by atoms with Gasteiger partial charge in [0.25, 0.3) is 5.91 Å². The smallest absolute Gasteiger partial charge is 0.254 e. The third-order valence-corrected chi connectivity index (χ3v) is 11.5. The molecule has 1 fully saturated rings. The van der Waals surface area contributed by atoms with E-state index < -0.39 is 26.9 Å². The van der Waals surface area contributed by atoms with Crippen molar-refractivity contribution >= 4 is 67.3 Å². The number of sulfone groups is 1. The minimum absolute atomic E-state index is 0.0400. The molecule has 170 valence electrons. The SMILES string of the molecule is O=C(CC1(c2ccc(-c3ccc(Cl)s3)s2)CCN(C(=O)c2ccsc2)CCS1(=O)=O)NO. The van der Waals surface area contributed by atoms with Gasteiger partial charge in [0, 0.05) is 33.1 Å². The molecule has 1 atom stereocenters. The van der Waals surface area contributed by atoms with E-state index in [-0.39, 0.29) is 31.2 Å². The standard InChI is InChI=1S/C20H19ClN2O5S4/c21-17-4-2-15(31-17)14-1-3-16(30-14)20(11-18(24)22-26)6-7-23(8-10-32(20,27)28)19(25)13-5-9-29-12-13/h1-5,9,12,26H,6-8,10-11H2,(H,22,24). The van der Waals surface area contributed by atoms with Gasteiger partial charge in [-0.05, 0) is 42.1 Å². The number of rotatable bonds is 5. The zero-order valence-corrected chi connectivity index (χ0v) is 20.6. The van der Waals surface area contributed by atoms with Gasteiger partial charge in [-0.3, -0.25) is 14.8 Å². The van der Waals surface area contributed by atoms with Crippen molar-refractivity contribution in [1.29, 1.82) is 0 Å². The van der Waals surface area contributed by atoms with Crippen LogP contribution >= 0.6 is 45.6 Å². The predicted octanol–water partition coefficient (Wildman–Crippen LogP) is 4.24. The highest BCUT2D eigenvalue weighted by molar-refractivity contribution is 7.92. The van der Waals surface area contributed by atoms with Crippen LogP contribution in [0.3, 0.4) is 0 Å². The molecule has 32 heavy (non-hydrogen) atoms. The third kappa shape index (κ3) is 4.37. The van der Waals surface area contributed by atoms with Gasteiger partial charge in [0.2, 0.25) is 5.91 Å². The van der Waals surface area contributed by atoms with Gasteiger partial charge in [-0.15, -0.1) is 22.7 Å². The number of hydrogen-bond donors (Lipinski definition) is 2. The van der Waals surface area contributed by atoms with Crippen molar-refractivity contribution in [3.05, 3.63) is 55.9 Å². The topological polar surface area (TPSA) is 104 Å². The highest BCUT2D eigenvalue weighted by Gasteiger charge is 2.50. The van der Waals surface area contributed by atoms with Gasteiger partial charge in [0.15, 0.2) is 9.84 Å².